The van der Waals surface area contributed by atoms with Crippen LogP contribution in [0.2, 0.25) is 0 Å². The van der Waals surface area contributed by atoms with Crippen molar-refractivity contribution < 1.29 is 14.2 Å². The highest BCUT2D eigenvalue weighted by Crippen LogP contribution is 2.27. The normalized spacial score (nSPS) is 11.6. The number of hydrogen-bond donors (Lipinski definition) is 2. The zero-order valence-corrected chi connectivity index (χ0v) is 8.55. The molecule has 3 N–H and O–H groups in total. The Bertz CT molecular complexity index is 296. The fourth-order valence-electron chi connectivity index (χ4n) is 1.09. The molecule has 5 heteroatoms. The molecule has 0 saturated carbocycles. The van der Waals surface area contributed by atoms with E-state index in [4.69, 9.17) is 15.6 Å². The molecule has 1 aromatic rings. The smallest absolute Gasteiger partial charge is 0.127 e. The summed E-state index contributed by atoms with van der Waals surface area (Å²) in [7, 11) is 1.45. The summed E-state index contributed by atoms with van der Waals surface area (Å²) in [5, 5.41) is 9.11. The van der Waals surface area contributed by atoms with Gasteiger partial charge in [-0.15, -0.1) is 12.4 Å². The highest BCUT2D eigenvalue weighted by atomic mass is 35.5. The highest BCUT2D eigenvalue weighted by molar-refractivity contribution is 5.85. The number of halogens is 2. The van der Waals surface area contributed by atoms with Crippen molar-refractivity contribution in [3.05, 3.63) is 23.8 Å². The standard InChI is InChI=1S/C9H12FNO2.ClH/c1-13-9-4-6(12)2-3-7(9)8(11)5-10;/h2-4,8,12H,5,11H2,1H3;1H/t8-;/m1./s1. The van der Waals surface area contributed by atoms with E-state index in [1.54, 1.807) is 6.07 Å². The van der Waals surface area contributed by atoms with E-state index in [1.165, 1.54) is 19.2 Å². The summed E-state index contributed by atoms with van der Waals surface area (Å²) in [6, 6.07) is 3.71. The lowest BCUT2D eigenvalue weighted by molar-refractivity contribution is 0.384. The Hall–Kier alpha value is -1.00. The van der Waals surface area contributed by atoms with Crippen molar-refractivity contribution >= 4 is 12.4 Å². The quantitative estimate of drug-likeness (QED) is 0.818. The first-order valence-corrected chi connectivity index (χ1v) is 3.87. The second-order valence-electron chi connectivity index (χ2n) is 2.69. The summed E-state index contributed by atoms with van der Waals surface area (Å²) in [6.45, 7) is -0.652. The molecule has 0 aliphatic carbocycles. The van der Waals surface area contributed by atoms with Gasteiger partial charge in [-0.2, -0.15) is 0 Å². The second kappa shape index (κ2) is 5.67. The van der Waals surface area contributed by atoms with Crippen molar-refractivity contribution in [1.82, 2.24) is 0 Å². The lowest BCUT2D eigenvalue weighted by atomic mass is 10.1. The van der Waals surface area contributed by atoms with Gasteiger partial charge in [-0.25, -0.2) is 4.39 Å². The fraction of sp³-hybridized carbons (Fsp3) is 0.333. The molecule has 0 amide bonds. The number of phenols is 1. The molecule has 0 unspecified atom stereocenters. The number of methoxy groups -OCH3 is 1. The van der Waals surface area contributed by atoms with Crippen molar-refractivity contribution in [1.29, 1.82) is 0 Å². The number of alkyl halides is 1. The topological polar surface area (TPSA) is 55.5 Å². The summed E-state index contributed by atoms with van der Waals surface area (Å²) in [6.07, 6.45) is 0. The van der Waals surface area contributed by atoms with Crippen molar-refractivity contribution in [2.24, 2.45) is 5.73 Å². The maximum atomic E-state index is 12.2. The number of rotatable bonds is 3. The van der Waals surface area contributed by atoms with Crippen LogP contribution < -0.4 is 10.5 Å². The summed E-state index contributed by atoms with van der Waals surface area (Å²) < 4.78 is 17.2. The molecule has 1 aromatic carbocycles. The first-order chi connectivity index (χ1) is 6.19. The van der Waals surface area contributed by atoms with E-state index < -0.39 is 12.7 Å². The van der Waals surface area contributed by atoms with Crippen LogP contribution in [0.15, 0.2) is 18.2 Å². The third-order valence-electron chi connectivity index (χ3n) is 1.78. The second-order valence-corrected chi connectivity index (χ2v) is 2.69. The van der Waals surface area contributed by atoms with Gasteiger partial charge in [0.1, 0.15) is 18.2 Å². The van der Waals surface area contributed by atoms with Gasteiger partial charge in [0.25, 0.3) is 0 Å². The molecule has 0 heterocycles. The minimum absolute atomic E-state index is 0. The van der Waals surface area contributed by atoms with Crippen LogP contribution in [-0.2, 0) is 0 Å². The molecule has 0 spiro atoms. The Balaban J connectivity index is 0.00000169. The molecule has 14 heavy (non-hydrogen) atoms. The summed E-state index contributed by atoms with van der Waals surface area (Å²) in [4.78, 5) is 0. The number of benzene rings is 1. The van der Waals surface area contributed by atoms with E-state index in [9.17, 15) is 4.39 Å². The van der Waals surface area contributed by atoms with Gasteiger partial charge in [-0.1, -0.05) is 0 Å². The molecular formula is C9H13ClFNO2. The maximum Gasteiger partial charge on any atom is 0.127 e. The van der Waals surface area contributed by atoms with Crippen molar-refractivity contribution in [2.75, 3.05) is 13.8 Å². The average Bonchev–Trinajstić information content (AvgIpc) is 2.16. The number of phenolic OH excluding ortho intramolecular Hbond substituents is 1. The van der Waals surface area contributed by atoms with Crippen LogP contribution in [0, 0.1) is 0 Å². The van der Waals surface area contributed by atoms with E-state index >= 15 is 0 Å². The Morgan fingerprint density at radius 3 is 2.71 bits per heavy atom. The van der Waals surface area contributed by atoms with Gasteiger partial charge >= 0.3 is 0 Å². The largest absolute Gasteiger partial charge is 0.508 e. The van der Waals surface area contributed by atoms with Gasteiger partial charge in [0.2, 0.25) is 0 Å². The Morgan fingerprint density at radius 2 is 2.21 bits per heavy atom. The number of aromatic hydroxyl groups is 1. The minimum atomic E-state index is -0.699. The van der Waals surface area contributed by atoms with Gasteiger partial charge in [-0.3, -0.25) is 0 Å². The van der Waals surface area contributed by atoms with Crippen molar-refractivity contribution in [2.45, 2.75) is 6.04 Å². The van der Waals surface area contributed by atoms with E-state index in [1.807, 2.05) is 0 Å². The molecule has 3 nitrogen and oxygen atoms in total. The van der Waals surface area contributed by atoms with Crippen LogP contribution in [0.1, 0.15) is 11.6 Å². The Labute approximate surface area is 88.1 Å². The third kappa shape index (κ3) is 2.75. The van der Waals surface area contributed by atoms with Crippen LogP contribution in [0.25, 0.3) is 0 Å². The van der Waals surface area contributed by atoms with Crippen molar-refractivity contribution in [3.63, 3.8) is 0 Å². The molecule has 0 aromatic heterocycles. The molecule has 1 rings (SSSR count). The van der Waals surface area contributed by atoms with E-state index in [-0.39, 0.29) is 18.2 Å². The number of hydrogen-bond acceptors (Lipinski definition) is 3. The van der Waals surface area contributed by atoms with Gasteiger partial charge in [0.05, 0.1) is 13.2 Å². The Kier molecular flexibility index (Phi) is 5.27. The van der Waals surface area contributed by atoms with Gasteiger partial charge in [0, 0.05) is 11.6 Å². The molecule has 0 radical (unpaired) electrons. The summed E-state index contributed by atoms with van der Waals surface area (Å²) in [5.74, 6) is 0.483. The summed E-state index contributed by atoms with van der Waals surface area (Å²) in [5.41, 5.74) is 6.04. The molecule has 0 aliphatic heterocycles. The molecule has 0 saturated heterocycles. The van der Waals surface area contributed by atoms with Gasteiger partial charge in [0.15, 0.2) is 0 Å². The molecular weight excluding hydrogens is 209 g/mol. The first kappa shape index (κ1) is 13.0. The van der Waals surface area contributed by atoms with Gasteiger partial charge in [-0.05, 0) is 12.1 Å². The SMILES string of the molecule is COc1cc(O)ccc1[C@H](N)CF.Cl. The monoisotopic (exact) mass is 221 g/mol. The predicted octanol–water partition coefficient (Wildman–Crippen LogP) is 1.79. The van der Waals surface area contributed by atoms with E-state index in [2.05, 4.69) is 0 Å². The first-order valence-electron chi connectivity index (χ1n) is 3.87. The fourth-order valence-corrected chi connectivity index (χ4v) is 1.09. The van der Waals surface area contributed by atoms with E-state index in [0.717, 1.165) is 0 Å². The molecule has 1 atom stereocenters. The van der Waals surface area contributed by atoms with Crippen LogP contribution >= 0.6 is 12.4 Å². The predicted molar refractivity (Wildman–Crippen MR) is 54.8 cm³/mol. The van der Waals surface area contributed by atoms with Crippen LogP contribution in [0.3, 0.4) is 0 Å². The lowest BCUT2D eigenvalue weighted by Crippen LogP contribution is -2.13. The average molecular weight is 222 g/mol. The van der Waals surface area contributed by atoms with Gasteiger partial charge < -0.3 is 15.6 Å². The van der Waals surface area contributed by atoms with Crippen molar-refractivity contribution in [3.8, 4) is 11.5 Å². The maximum absolute atomic E-state index is 12.2. The lowest BCUT2D eigenvalue weighted by Gasteiger charge is -2.12. The number of nitrogens with two attached hydrogens (primary N) is 1. The molecule has 0 bridgehead atoms. The van der Waals surface area contributed by atoms with E-state index in [0.29, 0.717) is 11.3 Å². The molecule has 80 valence electrons. The van der Waals surface area contributed by atoms with Crippen LogP contribution in [-0.4, -0.2) is 18.9 Å². The third-order valence-corrected chi connectivity index (χ3v) is 1.78. The zero-order chi connectivity index (χ0) is 9.84. The minimum Gasteiger partial charge on any atom is -0.508 e. The van der Waals surface area contributed by atoms with Crippen LogP contribution in [0.4, 0.5) is 4.39 Å². The Morgan fingerprint density at radius 1 is 1.57 bits per heavy atom. The molecule has 0 fully saturated rings. The molecule has 0 aliphatic rings. The zero-order valence-electron chi connectivity index (χ0n) is 7.74. The number of ether oxygens (including phenoxy) is 1. The summed E-state index contributed by atoms with van der Waals surface area (Å²) >= 11 is 0. The van der Waals surface area contributed by atoms with Crippen LogP contribution in [0.5, 0.6) is 11.5 Å². The highest BCUT2D eigenvalue weighted by Gasteiger charge is 2.11.